The lowest BCUT2D eigenvalue weighted by Gasteiger charge is -2.12. The summed E-state index contributed by atoms with van der Waals surface area (Å²) in [5.74, 6) is 0.845. The molecule has 5 nitrogen and oxygen atoms in total. The van der Waals surface area contributed by atoms with Crippen LogP contribution < -0.4 is 5.32 Å². The van der Waals surface area contributed by atoms with Gasteiger partial charge in [0.15, 0.2) is 5.82 Å². The summed E-state index contributed by atoms with van der Waals surface area (Å²) in [4.78, 5) is 4.44. The van der Waals surface area contributed by atoms with Crippen LogP contribution in [-0.2, 0) is 17.9 Å². The third-order valence-corrected chi connectivity index (χ3v) is 3.68. The highest BCUT2D eigenvalue weighted by Gasteiger charge is 2.07. The van der Waals surface area contributed by atoms with E-state index >= 15 is 0 Å². The van der Waals surface area contributed by atoms with E-state index in [1.54, 1.807) is 6.20 Å². The Bertz CT molecular complexity index is 782. The van der Waals surface area contributed by atoms with Gasteiger partial charge in [0, 0.05) is 25.5 Å². The molecule has 0 saturated carbocycles. The minimum Gasteiger partial charge on any atom is -0.377 e. The lowest BCUT2D eigenvalue weighted by molar-refractivity contribution is 0.121. The molecule has 0 atom stereocenters. The summed E-state index contributed by atoms with van der Waals surface area (Å²) in [6.07, 6.45) is 4.66. The standard InChI is InChI=1S/C18H22N4O/c1-3-10-23-13-16-7-5-4-6-15(16)12-20-18-17-11-14(2)21-22(17)9-8-19-18/h4-9,11H,3,10,12-13H2,1-2H3,(H,19,20). The minimum absolute atomic E-state index is 0.648. The van der Waals surface area contributed by atoms with Gasteiger partial charge in [-0.1, -0.05) is 31.2 Å². The monoisotopic (exact) mass is 310 g/mol. The van der Waals surface area contributed by atoms with Crippen LogP contribution in [0.25, 0.3) is 5.52 Å². The van der Waals surface area contributed by atoms with Crippen molar-refractivity contribution in [1.29, 1.82) is 0 Å². The topological polar surface area (TPSA) is 51.5 Å². The Balaban J connectivity index is 1.75. The van der Waals surface area contributed by atoms with Gasteiger partial charge in [-0.15, -0.1) is 0 Å². The molecule has 0 spiro atoms. The van der Waals surface area contributed by atoms with E-state index in [9.17, 15) is 0 Å². The summed E-state index contributed by atoms with van der Waals surface area (Å²) in [6, 6.07) is 10.4. The maximum atomic E-state index is 5.68. The van der Waals surface area contributed by atoms with Crippen molar-refractivity contribution in [3.05, 3.63) is 59.5 Å². The molecule has 1 aromatic carbocycles. The van der Waals surface area contributed by atoms with Gasteiger partial charge in [-0.25, -0.2) is 9.50 Å². The molecule has 0 saturated heterocycles. The van der Waals surface area contributed by atoms with Gasteiger partial charge < -0.3 is 10.1 Å². The van der Waals surface area contributed by atoms with Crippen LogP contribution in [-0.4, -0.2) is 21.2 Å². The fourth-order valence-electron chi connectivity index (χ4n) is 2.56. The largest absolute Gasteiger partial charge is 0.377 e. The van der Waals surface area contributed by atoms with Gasteiger partial charge in [0.2, 0.25) is 0 Å². The van der Waals surface area contributed by atoms with E-state index in [4.69, 9.17) is 4.74 Å². The van der Waals surface area contributed by atoms with Crippen LogP contribution in [0.15, 0.2) is 42.7 Å². The van der Waals surface area contributed by atoms with Crippen molar-refractivity contribution in [1.82, 2.24) is 14.6 Å². The molecule has 3 aromatic rings. The number of fused-ring (bicyclic) bond motifs is 1. The summed E-state index contributed by atoms with van der Waals surface area (Å²) < 4.78 is 7.53. The molecule has 0 amide bonds. The summed E-state index contributed by atoms with van der Waals surface area (Å²) in [7, 11) is 0. The van der Waals surface area contributed by atoms with E-state index in [2.05, 4.69) is 40.5 Å². The SMILES string of the molecule is CCCOCc1ccccc1CNc1nccn2nc(C)cc12. The Labute approximate surface area is 136 Å². The van der Waals surface area contributed by atoms with Crippen LogP contribution in [0.4, 0.5) is 5.82 Å². The molecule has 5 heteroatoms. The second kappa shape index (κ2) is 7.24. The Hall–Kier alpha value is -2.40. The first-order chi connectivity index (χ1) is 11.3. The van der Waals surface area contributed by atoms with Crippen LogP contribution in [0.3, 0.4) is 0 Å². The third-order valence-electron chi connectivity index (χ3n) is 3.68. The Morgan fingerprint density at radius 3 is 2.87 bits per heavy atom. The normalized spacial score (nSPS) is 11.0. The van der Waals surface area contributed by atoms with Crippen molar-refractivity contribution in [3.63, 3.8) is 0 Å². The quantitative estimate of drug-likeness (QED) is 0.678. The van der Waals surface area contributed by atoms with E-state index in [1.807, 2.05) is 29.8 Å². The van der Waals surface area contributed by atoms with Crippen molar-refractivity contribution in [2.45, 2.75) is 33.4 Å². The molecule has 0 unspecified atom stereocenters. The number of rotatable bonds is 7. The fraction of sp³-hybridized carbons (Fsp3) is 0.333. The molecule has 2 heterocycles. The molecule has 2 aromatic heterocycles. The maximum Gasteiger partial charge on any atom is 0.152 e. The van der Waals surface area contributed by atoms with Crippen LogP contribution >= 0.6 is 0 Å². The molecule has 23 heavy (non-hydrogen) atoms. The Kier molecular flexibility index (Phi) is 4.88. The lowest BCUT2D eigenvalue weighted by Crippen LogP contribution is -2.06. The zero-order valence-electron chi connectivity index (χ0n) is 13.6. The van der Waals surface area contributed by atoms with Crippen molar-refractivity contribution in [2.75, 3.05) is 11.9 Å². The van der Waals surface area contributed by atoms with Crippen LogP contribution in [0.1, 0.15) is 30.2 Å². The summed E-state index contributed by atoms with van der Waals surface area (Å²) in [5, 5.41) is 7.83. The van der Waals surface area contributed by atoms with Gasteiger partial charge in [0.25, 0.3) is 0 Å². The van der Waals surface area contributed by atoms with E-state index in [1.165, 1.54) is 11.1 Å². The number of aryl methyl sites for hydroxylation is 1. The Morgan fingerprint density at radius 2 is 2.04 bits per heavy atom. The average Bonchev–Trinajstić information content (AvgIpc) is 2.95. The summed E-state index contributed by atoms with van der Waals surface area (Å²) in [5.41, 5.74) is 4.41. The van der Waals surface area contributed by atoms with Crippen molar-refractivity contribution < 1.29 is 4.74 Å². The Morgan fingerprint density at radius 1 is 1.22 bits per heavy atom. The van der Waals surface area contributed by atoms with E-state index in [-0.39, 0.29) is 0 Å². The first-order valence-corrected chi connectivity index (χ1v) is 7.97. The van der Waals surface area contributed by atoms with Crippen LogP contribution in [0, 0.1) is 6.92 Å². The average molecular weight is 310 g/mol. The van der Waals surface area contributed by atoms with Gasteiger partial charge in [0.1, 0.15) is 5.52 Å². The van der Waals surface area contributed by atoms with Gasteiger partial charge in [-0.2, -0.15) is 5.10 Å². The zero-order chi connectivity index (χ0) is 16.1. The molecule has 0 bridgehead atoms. The maximum absolute atomic E-state index is 5.68. The number of hydrogen-bond donors (Lipinski definition) is 1. The molecule has 0 radical (unpaired) electrons. The highest BCUT2D eigenvalue weighted by molar-refractivity contribution is 5.67. The van der Waals surface area contributed by atoms with Crippen LogP contribution in [0.5, 0.6) is 0 Å². The minimum atomic E-state index is 0.648. The molecule has 3 rings (SSSR count). The third kappa shape index (κ3) is 3.68. The second-order valence-corrected chi connectivity index (χ2v) is 5.57. The molecular weight excluding hydrogens is 288 g/mol. The van der Waals surface area contributed by atoms with E-state index < -0.39 is 0 Å². The number of nitrogens with one attached hydrogen (secondary N) is 1. The number of aromatic nitrogens is 3. The molecule has 0 aliphatic carbocycles. The second-order valence-electron chi connectivity index (χ2n) is 5.57. The molecule has 120 valence electrons. The number of benzene rings is 1. The molecule has 1 N–H and O–H groups in total. The van der Waals surface area contributed by atoms with Gasteiger partial charge >= 0.3 is 0 Å². The van der Waals surface area contributed by atoms with Crippen molar-refractivity contribution in [3.8, 4) is 0 Å². The number of hydrogen-bond acceptors (Lipinski definition) is 4. The van der Waals surface area contributed by atoms with Gasteiger partial charge in [-0.05, 0) is 30.5 Å². The van der Waals surface area contributed by atoms with E-state index in [0.29, 0.717) is 13.2 Å². The number of ether oxygens (including phenoxy) is 1. The molecule has 0 aliphatic heterocycles. The fourth-order valence-corrected chi connectivity index (χ4v) is 2.56. The zero-order valence-corrected chi connectivity index (χ0v) is 13.6. The smallest absolute Gasteiger partial charge is 0.152 e. The van der Waals surface area contributed by atoms with Gasteiger partial charge in [-0.3, -0.25) is 0 Å². The van der Waals surface area contributed by atoms with E-state index in [0.717, 1.165) is 30.1 Å². The summed E-state index contributed by atoms with van der Waals surface area (Å²) >= 11 is 0. The first kappa shape index (κ1) is 15.5. The number of anilines is 1. The number of nitrogens with zero attached hydrogens (tertiary/aromatic N) is 3. The predicted molar refractivity (Wildman–Crippen MR) is 91.4 cm³/mol. The van der Waals surface area contributed by atoms with Crippen molar-refractivity contribution in [2.24, 2.45) is 0 Å². The van der Waals surface area contributed by atoms with Crippen LogP contribution in [0.2, 0.25) is 0 Å². The van der Waals surface area contributed by atoms with Crippen molar-refractivity contribution >= 4 is 11.3 Å². The highest BCUT2D eigenvalue weighted by atomic mass is 16.5. The lowest BCUT2D eigenvalue weighted by atomic mass is 10.1. The van der Waals surface area contributed by atoms with Gasteiger partial charge in [0.05, 0.1) is 12.3 Å². The molecule has 0 fully saturated rings. The summed E-state index contributed by atoms with van der Waals surface area (Å²) in [6.45, 7) is 6.25. The molecule has 0 aliphatic rings. The molecular formula is C18H22N4O. The first-order valence-electron chi connectivity index (χ1n) is 7.97. The highest BCUT2D eigenvalue weighted by Crippen LogP contribution is 2.17. The predicted octanol–water partition coefficient (Wildman–Crippen LogP) is 3.58.